The number of halogens is 3. The molecule has 3 atom stereocenters. The maximum Gasteiger partial charge on any atom is 0.133 e. The van der Waals surface area contributed by atoms with Crippen molar-refractivity contribution in [1.82, 2.24) is 0 Å². The third-order valence-corrected chi connectivity index (χ3v) is 4.84. The number of aliphatic hydroxyl groups is 1. The molecule has 3 unspecified atom stereocenters. The molecule has 21 heavy (non-hydrogen) atoms. The summed E-state index contributed by atoms with van der Waals surface area (Å²) in [7, 11) is 0. The molecule has 2 aliphatic rings. The number of hydrogen-bond acceptors (Lipinski definition) is 3. The van der Waals surface area contributed by atoms with E-state index in [0.717, 1.165) is 6.42 Å². The SMILES string of the molecule is OC(c1c(F)cc(Br)cc1F)C1CCOC2(CCOC2)C1. The van der Waals surface area contributed by atoms with Gasteiger partial charge in [0.15, 0.2) is 0 Å². The van der Waals surface area contributed by atoms with Gasteiger partial charge in [-0.15, -0.1) is 0 Å². The lowest BCUT2D eigenvalue weighted by Gasteiger charge is -2.39. The molecule has 3 rings (SSSR count). The van der Waals surface area contributed by atoms with Gasteiger partial charge >= 0.3 is 0 Å². The van der Waals surface area contributed by atoms with Gasteiger partial charge in [-0.3, -0.25) is 0 Å². The maximum absolute atomic E-state index is 14.0. The van der Waals surface area contributed by atoms with Crippen LogP contribution in [0.5, 0.6) is 0 Å². The van der Waals surface area contributed by atoms with Gasteiger partial charge < -0.3 is 14.6 Å². The predicted octanol–water partition coefficient (Wildman–Crippen LogP) is 3.35. The van der Waals surface area contributed by atoms with Crippen molar-refractivity contribution < 1.29 is 23.4 Å². The summed E-state index contributed by atoms with van der Waals surface area (Å²) in [6, 6.07) is 2.35. The molecule has 6 heteroatoms. The standard InChI is InChI=1S/C15H17BrF2O3/c16-10-5-11(17)13(12(18)6-10)14(19)9-1-3-21-15(7-9)2-4-20-8-15/h5-6,9,14,19H,1-4,7-8H2. The van der Waals surface area contributed by atoms with E-state index in [1.54, 1.807) is 0 Å². The molecular weight excluding hydrogens is 346 g/mol. The minimum atomic E-state index is -1.17. The van der Waals surface area contributed by atoms with Gasteiger partial charge in [-0.05, 0) is 30.9 Å². The van der Waals surface area contributed by atoms with Crippen molar-refractivity contribution in [3.8, 4) is 0 Å². The summed E-state index contributed by atoms with van der Waals surface area (Å²) in [4.78, 5) is 0. The smallest absolute Gasteiger partial charge is 0.133 e. The molecule has 0 saturated carbocycles. The van der Waals surface area contributed by atoms with E-state index in [4.69, 9.17) is 9.47 Å². The Morgan fingerprint density at radius 1 is 1.29 bits per heavy atom. The molecule has 0 aliphatic carbocycles. The van der Waals surface area contributed by atoms with Crippen LogP contribution in [-0.2, 0) is 9.47 Å². The van der Waals surface area contributed by atoms with E-state index in [-0.39, 0.29) is 11.5 Å². The molecule has 0 amide bonds. The van der Waals surface area contributed by atoms with Gasteiger partial charge in [-0.25, -0.2) is 8.78 Å². The first-order valence-electron chi connectivity index (χ1n) is 7.05. The number of rotatable bonds is 2. The number of ether oxygens (including phenoxy) is 2. The summed E-state index contributed by atoms with van der Waals surface area (Å²) in [6.07, 6.45) is 0.738. The topological polar surface area (TPSA) is 38.7 Å². The molecule has 3 nitrogen and oxygen atoms in total. The zero-order valence-corrected chi connectivity index (χ0v) is 13.0. The highest BCUT2D eigenvalue weighted by Crippen LogP contribution is 2.42. The molecular formula is C15H17BrF2O3. The Labute approximate surface area is 130 Å². The van der Waals surface area contributed by atoms with Crippen LogP contribution in [0, 0.1) is 17.6 Å². The summed E-state index contributed by atoms with van der Waals surface area (Å²) < 4.78 is 39.5. The van der Waals surface area contributed by atoms with Gasteiger partial charge in [0.05, 0.1) is 23.9 Å². The Kier molecular flexibility index (Phi) is 4.32. The molecule has 1 aromatic rings. The van der Waals surface area contributed by atoms with E-state index in [1.165, 1.54) is 12.1 Å². The Bertz CT molecular complexity index is 509. The summed E-state index contributed by atoms with van der Waals surface area (Å²) in [5, 5.41) is 10.4. The van der Waals surface area contributed by atoms with Gasteiger partial charge in [-0.1, -0.05) is 15.9 Å². The molecule has 1 N–H and O–H groups in total. The monoisotopic (exact) mass is 362 g/mol. The van der Waals surface area contributed by atoms with E-state index < -0.39 is 23.3 Å². The Morgan fingerprint density at radius 3 is 2.62 bits per heavy atom. The Hall–Kier alpha value is -0.560. The highest BCUT2D eigenvalue weighted by molar-refractivity contribution is 9.10. The van der Waals surface area contributed by atoms with E-state index in [2.05, 4.69) is 15.9 Å². The lowest BCUT2D eigenvalue weighted by atomic mass is 9.80. The molecule has 1 aromatic carbocycles. The van der Waals surface area contributed by atoms with E-state index >= 15 is 0 Å². The van der Waals surface area contributed by atoms with Gasteiger partial charge in [-0.2, -0.15) is 0 Å². The van der Waals surface area contributed by atoms with Crippen LogP contribution in [0.15, 0.2) is 16.6 Å². The first-order valence-corrected chi connectivity index (χ1v) is 7.84. The van der Waals surface area contributed by atoms with Crippen molar-refractivity contribution in [2.45, 2.75) is 31.0 Å². The fourth-order valence-corrected chi connectivity index (χ4v) is 3.67. The van der Waals surface area contributed by atoms with Crippen molar-refractivity contribution in [1.29, 1.82) is 0 Å². The van der Waals surface area contributed by atoms with Crippen molar-refractivity contribution in [3.05, 3.63) is 33.8 Å². The molecule has 2 fully saturated rings. The van der Waals surface area contributed by atoms with Gasteiger partial charge in [0.1, 0.15) is 11.6 Å². The largest absolute Gasteiger partial charge is 0.388 e. The van der Waals surface area contributed by atoms with Crippen LogP contribution in [0.25, 0.3) is 0 Å². The van der Waals surface area contributed by atoms with Crippen molar-refractivity contribution >= 4 is 15.9 Å². The van der Waals surface area contributed by atoms with E-state index in [9.17, 15) is 13.9 Å². The Morgan fingerprint density at radius 2 is 2.00 bits per heavy atom. The molecule has 0 radical (unpaired) electrons. The minimum Gasteiger partial charge on any atom is -0.388 e. The molecule has 1 spiro atoms. The fraction of sp³-hybridized carbons (Fsp3) is 0.600. The first-order chi connectivity index (χ1) is 10.0. The summed E-state index contributed by atoms with van der Waals surface area (Å²) in [6.45, 7) is 1.59. The van der Waals surface area contributed by atoms with Crippen molar-refractivity contribution in [2.24, 2.45) is 5.92 Å². The molecule has 0 aromatic heterocycles. The van der Waals surface area contributed by atoms with E-state index in [1.807, 2.05) is 0 Å². The van der Waals surface area contributed by atoms with E-state index in [0.29, 0.717) is 37.1 Å². The minimum absolute atomic E-state index is 0.231. The van der Waals surface area contributed by atoms with Gasteiger partial charge in [0, 0.05) is 24.1 Å². The average molecular weight is 363 g/mol. The summed E-state index contributed by atoms with van der Waals surface area (Å²) >= 11 is 3.04. The quantitative estimate of drug-likeness (QED) is 0.876. The second-order valence-corrected chi connectivity index (χ2v) is 6.73. The molecule has 2 aliphatic heterocycles. The fourth-order valence-electron chi connectivity index (χ4n) is 3.27. The zero-order chi connectivity index (χ0) is 15.0. The second kappa shape index (κ2) is 5.91. The zero-order valence-electron chi connectivity index (χ0n) is 11.4. The van der Waals surface area contributed by atoms with Crippen LogP contribution in [0.2, 0.25) is 0 Å². The maximum atomic E-state index is 14.0. The number of hydrogen-bond donors (Lipinski definition) is 1. The highest BCUT2D eigenvalue weighted by atomic mass is 79.9. The molecule has 2 heterocycles. The van der Waals surface area contributed by atoms with Crippen LogP contribution in [0.4, 0.5) is 8.78 Å². The Balaban J connectivity index is 1.83. The molecule has 2 saturated heterocycles. The third-order valence-electron chi connectivity index (χ3n) is 4.38. The number of benzene rings is 1. The second-order valence-electron chi connectivity index (χ2n) is 5.81. The third kappa shape index (κ3) is 2.99. The van der Waals surface area contributed by atoms with Crippen molar-refractivity contribution in [3.63, 3.8) is 0 Å². The first kappa shape index (κ1) is 15.3. The predicted molar refractivity (Wildman–Crippen MR) is 75.9 cm³/mol. The summed E-state index contributed by atoms with van der Waals surface area (Å²) in [5.41, 5.74) is -0.647. The van der Waals surface area contributed by atoms with Gasteiger partial charge in [0.2, 0.25) is 0 Å². The molecule has 0 bridgehead atoms. The van der Waals surface area contributed by atoms with Gasteiger partial charge in [0.25, 0.3) is 0 Å². The average Bonchev–Trinajstić information content (AvgIpc) is 2.85. The lowest BCUT2D eigenvalue weighted by molar-refractivity contribution is -0.117. The van der Waals surface area contributed by atoms with Crippen LogP contribution >= 0.6 is 15.9 Å². The molecule has 116 valence electrons. The van der Waals surface area contributed by atoms with Crippen molar-refractivity contribution in [2.75, 3.05) is 19.8 Å². The normalized spacial score (nSPS) is 30.8. The van der Waals surface area contributed by atoms with Crippen LogP contribution in [-0.4, -0.2) is 30.5 Å². The van der Waals surface area contributed by atoms with Crippen LogP contribution < -0.4 is 0 Å². The number of aliphatic hydroxyl groups excluding tert-OH is 1. The highest BCUT2D eigenvalue weighted by Gasteiger charge is 2.43. The van der Waals surface area contributed by atoms with Crippen LogP contribution in [0.3, 0.4) is 0 Å². The van der Waals surface area contributed by atoms with Crippen LogP contribution in [0.1, 0.15) is 30.9 Å². The summed E-state index contributed by atoms with van der Waals surface area (Å²) in [5.74, 6) is -1.68. The lowest BCUT2D eigenvalue weighted by Crippen LogP contribution is -2.42.